The molecule has 2 atom stereocenters. The molecule has 6 nitrogen and oxygen atoms in total. The number of nitrogens with zero attached hydrogens (tertiary/aromatic N) is 4. The Hall–Kier alpha value is -1.95. The molecule has 2 heterocycles. The van der Waals surface area contributed by atoms with Gasteiger partial charge in [-0.15, -0.1) is 0 Å². The highest BCUT2D eigenvalue weighted by Gasteiger charge is 2.24. The molecule has 1 saturated carbocycles. The van der Waals surface area contributed by atoms with Gasteiger partial charge >= 0.3 is 0 Å². The SMILES string of the molecule is COC1CCC(Nc2cncc(-n3nc(C)cc3C)n2)C1. The molecule has 0 aliphatic heterocycles. The molecule has 112 valence electrons. The van der Waals surface area contributed by atoms with Crippen LogP contribution in [0.1, 0.15) is 30.7 Å². The second kappa shape index (κ2) is 5.81. The Bertz CT molecular complexity index is 624. The minimum absolute atomic E-state index is 0.356. The Morgan fingerprint density at radius 1 is 1.29 bits per heavy atom. The van der Waals surface area contributed by atoms with Gasteiger partial charge in [-0.3, -0.25) is 4.98 Å². The monoisotopic (exact) mass is 287 g/mol. The van der Waals surface area contributed by atoms with E-state index in [9.17, 15) is 0 Å². The third-order valence-corrected chi connectivity index (χ3v) is 3.92. The van der Waals surface area contributed by atoms with E-state index in [0.717, 1.165) is 42.3 Å². The molecule has 0 aromatic carbocycles. The first-order chi connectivity index (χ1) is 10.2. The molecule has 0 amide bonds. The molecule has 1 N–H and O–H groups in total. The largest absolute Gasteiger partial charge is 0.381 e. The minimum Gasteiger partial charge on any atom is -0.381 e. The van der Waals surface area contributed by atoms with Gasteiger partial charge in [-0.1, -0.05) is 0 Å². The fraction of sp³-hybridized carbons (Fsp3) is 0.533. The van der Waals surface area contributed by atoms with Crippen LogP contribution in [-0.2, 0) is 4.74 Å². The normalized spacial score (nSPS) is 21.7. The molecule has 2 unspecified atom stereocenters. The molecule has 0 bridgehead atoms. The average Bonchev–Trinajstić information content (AvgIpc) is 3.05. The average molecular weight is 287 g/mol. The molecule has 6 heteroatoms. The van der Waals surface area contributed by atoms with Gasteiger partial charge in [0, 0.05) is 18.8 Å². The number of methoxy groups -OCH3 is 1. The highest BCUT2D eigenvalue weighted by molar-refractivity contribution is 5.37. The number of hydrogen-bond donors (Lipinski definition) is 1. The molecule has 1 aliphatic rings. The van der Waals surface area contributed by atoms with Crippen molar-refractivity contribution in [3.63, 3.8) is 0 Å². The first-order valence-electron chi connectivity index (χ1n) is 7.30. The maximum atomic E-state index is 5.40. The van der Waals surface area contributed by atoms with Gasteiger partial charge in [0.1, 0.15) is 5.82 Å². The van der Waals surface area contributed by atoms with Crippen LogP contribution < -0.4 is 5.32 Å². The quantitative estimate of drug-likeness (QED) is 0.934. The van der Waals surface area contributed by atoms with Crippen LogP contribution in [0.4, 0.5) is 5.82 Å². The van der Waals surface area contributed by atoms with Gasteiger partial charge in [-0.05, 0) is 39.2 Å². The zero-order chi connectivity index (χ0) is 14.8. The van der Waals surface area contributed by atoms with Crippen LogP contribution in [-0.4, -0.2) is 39.0 Å². The van der Waals surface area contributed by atoms with Gasteiger partial charge in [0.15, 0.2) is 5.82 Å². The van der Waals surface area contributed by atoms with Crippen molar-refractivity contribution in [3.05, 3.63) is 29.8 Å². The van der Waals surface area contributed by atoms with Crippen LogP contribution in [0.2, 0.25) is 0 Å². The van der Waals surface area contributed by atoms with Gasteiger partial charge in [0.2, 0.25) is 0 Å². The van der Waals surface area contributed by atoms with Crippen LogP contribution in [0.25, 0.3) is 5.82 Å². The van der Waals surface area contributed by atoms with Crippen LogP contribution in [0.5, 0.6) is 0 Å². The number of nitrogens with one attached hydrogen (secondary N) is 1. The molecule has 3 rings (SSSR count). The third-order valence-electron chi connectivity index (χ3n) is 3.92. The van der Waals surface area contributed by atoms with Gasteiger partial charge in [-0.25, -0.2) is 9.67 Å². The van der Waals surface area contributed by atoms with Crippen molar-refractivity contribution in [2.24, 2.45) is 0 Å². The molecule has 2 aromatic heterocycles. The molecule has 2 aromatic rings. The predicted molar refractivity (Wildman–Crippen MR) is 80.7 cm³/mol. The fourth-order valence-corrected chi connectivity index (χ4v) is 2.88. The van der Waals surface area contributed by atoms with Gasteiger partial charge in [0.25, 0.3) is 0 Å². The van der Waals surface area contributed by atoms with E-state index in [1.807, 2.05) is 24.6 Å². The molecular formula is C15H21N5O. The van der Waals surface area contributed by atoms with Crippen molar-refractivity contribution in [2.45, 2.75) is 45.3 Å². The predicted octanol–water partition coefficient (Wildman–Crippen LogP) is 2.26. The molecule has 1 aliphatic carbocycles. The fourth-order valence-electron chi connectivity index (χ4n) is 2.88. The summed E-state index contributed by atoms with van der Waals surface area (Å²) in [6, 6.07) is 2.43. The highest BCUT2D eigenvalue weighted by atomic mass is 16.5. The van der Waals surface area contributed by atoms with Crippen molar-refractivity contribution in [1.29, 1.82) is 0 Å². The summed E-state index contributed by atoms with van der Waals surface area (Å²) < 4.78 is 7.22. The first kappa shape index (κ1) is 14.0. The molecule has 0 spiro atoms. The van der Waals surface area contributed by atoms with E-state index in [4.69, 9.17) is 4.74 Å². The van der Waals surface area contributed by atoms with Gasteiger partial charge in [0.05, 0.1) is 24.2 Å². The lowest BCUT2D eigenvalue weighted by Crippen LogP contribution is -2.18. The van der Waals surface area contributed by atoms with E-state index < -0.39 is 0 Å². The summed E-state index contributed by atoms with van der Waals surface area (Å²) in [7, 11) is 1.77. The summed E-state index contributed by atoms with van der Waals surface area (Å²) in [6.45, 7) is 3.99. The van der Waals surface area contributed by atoms with E-state index in [1.54, 1.807) is 19.5 Å². The Morgan fingerprint density at radius 2 is 2.14 bits per heavy atom. The maximum Gasteiger partial charge on any atom is 0.174 e. The summed E-state index contributed by atoms with van der Waals surface area (Å²) in [4.78, 5) is 8.89. The lowest BCUT2D eigenvalue weighted by atomic mass is 10.2. The Morgan fingerprint density at radius 3 is 2.81 bits per heavy atom. The molecular weight excluding hydrogens is 266 g/mol. The van der Waals surface area contributed by atoms with Crippen molar-refractivity contribution in [1.82, 2.24) is 19.7 Å². The summed E-state index contributed by atoms with van der Waals surface area (Å²) in [5, 5.41) is 7.89. The molecule has 0 saturated heterocycles. The van der Waals surface area contributed by atoms with E-state index in [2.05, 4.69) is 20.4 Å². The smallest absolute Gasteiger partial charge is 0.174 e. The lowest BCUT2D eigenvalue weighted by Gasteiger charge is -2.14. The topological polar surface area (TPSA) is 64.9 Å². The summed E-state index contributed by atoms with van der Waals surface area (Å²) in [6.07, 6.45) is 7.06. The zero-order valence-electron chi connectivity index (χ0n) is 12.7. The highest BCUT2D eigenvalue weighted by Crippen LogP contribution is 2.24. The van der Waals surface area contributed by atoms with Crippen LogP contribution >= 0.6 is 0 Å². The van der Waals surface area contributed by atoms with E-state index in [-0.39, 0.29) is 0 Å². The second-order valence-corrected chi connectivity index (χ2v) is 5.61. The number of aromatic nitrogens is 4. The van der Waals surface area contributed by atoms with E-state index >= 15 is 0 Å². The number of hydrogen-bond acceptors (Lipinski definition) is 5. The Kier molecular flexibility index (Phi) is 3.88. The summed E-state index contributed by atoms with van der Waals surface area (Å²) >= 11 is 0. The van der Waals surface area contributed by atoms with Crippen LogP contribution in [0, 0.1) is 13.8 Å². The second-order valence-electron chi connectivity index (χ2n) is 5.61. The van der Waals surface area contributed by atoms with E-state index in [0.29, 0.717) is 12.1 Å². The van der Waals surface area contributed by atoms with Crippen LogP contribution in [0.15, 0.2) is 18.5 Å². The van der Waals surface area contributed by atoms with E-state index in [1.165, 1.54) is 0 Å². The van der Waals surface area contributed by atoms with Crippen molar-refractivity contribution >= 4 is 5.82 Å². The first-order valence-corrected chi connectivity index (χ1v) is 7.30. The third kappa shape index (κ3) is 3.05. The summed E-state index contributed by atoms with van der Waals surface area (Å²) in [5.74, 6) is 1.54. The van der Waals surface area contributed by atoms with Gasteiger partial charge < -0.3 is 10.1 Å². The van der Waals surface area contributed by atoms with Crippen molar-refractivity contribution < 1.29 is 4.74 Å². The summed E-state index contributed by atoms with van der Waals surface area (Å²) in [5.41, 5.74) is 2.03. The minimum atomic E-state index is 0.356. The van der Waals surface area contributed by atoms with Crippen molar-refractivity contribution in [3.8, 4) is 5.82 Å². The maximum absolute atomic E-state index is 5.40. The molecule has 0 radical (unpaired) electrons. The molecule has 21 heavy (non-hydrogen) atoms. The number of ether oxygens (including phenoxy) is 1. The Balaban J connectivity index is 1.76. The number of anilines is 1. The molecule has 1 fully saturated rings. The van der Waals surface area contributed by atoms with Crippen LogP contribution in [0.3, 0.4) is 0 Å². The van der Waals surface area contributed by atoms with Gasteiger partial charge in [-0.2, -0.15) is 5.10 Å². The standard InChI is InChI=1S/C15H21N5O/c1-10-6-11(2)20(19-10)15-9-16-8-14(18-15)17-12-4-5-13(7-12)21-3/h6,8-9,12-13H,4-5,7H2,1-3H3,(H,17,18). The van der Waals surface area contributed by atoms with Crippen molar-refractivity contribution in [2.75, 3.05) is 12.4 Å². The lowest BCUT2D eigenvalue weighted by molar-refractivity contribution is 0.108. The number of aryl methyl sites for hydroxylation is 2. The number of rotatable bonds is 4. The Labute approximate surface area is 124 Å². The zero-order valence-corrected chi connectivity index (χ0v) is 12.7.